The molecule has 0 spiro atoms. The number of rotatable bonds is 10. The standard InChI is InChI=1S/C20H25N3O5/c1-4-27-16-8-5-14(6-9-16)23-20(25)13(2)22-15-7-10-17(26-3)18(11-15)28-12-19(21)24/h5-11,13,22H,4,12H2,1-3H3,(H2,21,24)(H,23,25). The summed E-state index contributed by atoms with van der Waals surface area (Å²) < 4.78 is 15.9. The van der Waals surface area contributed by atoms with Crippen molar-refractivity contribution in [2.75, 3.05) is 31.0 Å². The third kappa shape index (κ3) is 6.08. The van der Waals surface area contributed by atoms with Crippen LogP contribution in [0.1, 0.15) is 13.8 Å². The molecule has 150 valence electrons. The summed E-state index contributed by atoms with van der Waals surface area (Å²) in [5, 5.41) is 5.92. The molecule has 0 aromatic heterocycles. The summed E-state index contributed by atoms with van der Waals surface area (Å²) in [6, 6.07) is 11.7. The van der Waals surface area contributed by atoms with Crippen molar-refractivity contribution in [1.29, 1.82) is 0 Å². The summed E-state index contributed by atoms with van der Waals surface area (Å²) in [6.07, 6.45) is 0. The number of primary amides is 1. The van der Waals surface area contributed by atoms with Crippen LogP contribution >= 0.6 is 0 Å². The highest BCUT2D eigenvalue weighted by Gasteiger charge is 2.15. The van der Waals surface area contributed by atoms with Gasteiger partial charge >= 0.3 is 0 Å². The van der Waals surface area contributed by atoms with Crippen molar-refractivity contribution in [2.24, 2.45) is 5.73 Å². The zero-order valence-electron chi connectivity index (χ0n) is 16.2. The molecule has 0 aliphatic rings. The minimum atomic E-state index is -0.594. The normalized spacial score (nSPS) is 11.2. The quantitative estimate of drug-likeness (QED) is 0.577. The first-order valence-electron chi connectivity index (χ1n) is 8.82. The summed E-state index contributed by atoms with van der Waals surface area (Å²) in [6.45, 7) is 3.96. The number of nitrogens with one attached hydrogen (secondary N) is 2. The molecule has 0 heterocycles. The van der Waals surface area contributed by atoms with Crippen LogP contribution in [0.4, 0.5) is 11.4 Å². The Morgan fingerprint density at radius 2 is 1.71 bits per heavy atom. The summed E-state index contributed by atoms with van der Waals surface area (Å²) in [4.78, 5) is 23.4. The van der Waals surface area contributed by atoms with Crippen molar-refractivity contribution in [3.63, 3.8) is 0 Å². The second kappa shape index (κ2) is 10.1. The van der Waals surface area contributed by atoms with Gasteiger partial charge in [0.15, 0.2) is 18.1 Å². The highest BCUT2D eigenvalue weighted by Crippen LogP contribution is 2.30. The predicted molar refractivity (Wildman–Crippen MR) is 107 cm³/mol. The molecule has 8 nitrogen and oxygen atoms in total. The molecular formula is C20H25N3O5. The number of carbonyl (C=O) groups excluding carboxylic acids is 2. The van der Waals surface area contributed by atoms with E-state index in [4.69, 9.17) is 19.9 Å². The van der Waals surface area contributed by atoms with E-state index in [1.165, 1.54) is 7.11 Å². The van der Waals surface area contributed by atoms with Gasteiger partial charge in [-0.25, -0.2) is 0 Å². The molecule has 0 bridgehead atoms. The van der Waals surface area contributed by atoms with Crippen LogP contribution in [0.2, 0.25) is 0 Å². The summed E-state index contributed by atoms with van der Waals surface area (Å²) in [5.41, 5.74) is 6.41. The predicted octanol–water partition coefficient (Wildman–Crippen LogP) is 2.40. The topological polar surface area (TPSA) is 112 Å². The lowest BCUT2D eigenvalue weighted by Gasteiger charge is -2.17. The molecular weight excluding hydrogens is 362 g/mol. The molecule has 1 unspecified atom stereocenters. The van der Waals surface area contributed by atoms with Gasteiger partial charge in [-0.3, -0.25) is 9.59 Å². The van der Waals surface area contributed by atoms with Crippen molar-refractivity contribution in [3.05, 3.63) is 42.5 Å². The molecule has 0 aliphatic carbocycles. The van der Waals surface area contributed by atoms with Crippen LogP contribution in [0.25, 0.3) is 0 Å². The van der Waals surface area contributed by atoms with Gasteiger partial charge in [-0.15, -0.1) is 0 Å². The highest BCUT2D eigenvalue weighted by molar-refractivity contribution is 5.96. The Morgan fingerprint density at radius 1 is 1.04 bits per heavy atom. The molecule has 8 heteroatoms. The second-order valence-electron chi connectivity index (χ2n) is 5.93. The van der Waals surface area contributed by atoms with Crippen molar-refractivity contribution < 1.29 is 23.8 Å². The lowest BCUT2D eigenvalue weighted by atomic mass is 10.2. The van der Waals surface area contributed by atoms with E-state index < -0.39 is 11.9 Å². The van der Waals surface area contributed by atoms with E-state index in [0.717, 1.165) is 5.75 Å². The van der Waals surface area contributed by atoms with Gasteiger partial charge in [-0.2, -0.15) is 0 Å². The van der Waals surface area contributed by atoms with E-state index in [0.29, 0.717) is 29.5 Å². The summed E-state index contributed by atoms with van der Waals surface area (Å²) in [5.74, 6) is 0.750. The monoisotopic (exact) mass is 387 g/mol. The fraction of sp³-hybridized carbons (Fsp3) is 0.300. The van der Waals surface area contributed by atoms with Crippen LogP contribution in [0, 0.1) is 0 Å². The number of amides is 2. The molecule has 2 aromatic rings. The number of hydrogen-bond acceptors (Lipinski definition) is 6. The van der Waals surface area contributed by atoms with Crippen LogP contribution in [0.15, 0.2) is 42.5 Å². The van der Waals surface area contributed by atoms with Gasteiger partial charge in [-0.1, -0.05) is 0 Å². The fourth-order valence-corrected chi connectivity index (χ4v) is 2.40. The Labute approximate surface area is 164 Å². The molecule has 0 fully saturated rings. The zero-order valence-corrected chi connectivity index (χ0v) is 16.2. The molecule has 0 radical (unpaired) electrons. The van der Waals surface area contributed by atoms with E-state index in [-0.39, 0.29) is 12.5 Å². The molecule has 1 atom stereocenters. The van der Waals surface area contributed by atoms with Gasteiger partial charge in [0.05, 0.1) is 13.7 Å². The number of anilines is 2. The zero-order chi connectivity index (χ0) is 20.5. The van der Waals surface area contributed by atoms with E-state index in [1.54, 1.807) is 49.4 Å². The van der Waals surface area contributed by atoms with Crippen LogP contribution < -0.4 is 30.6 Å². The highest BCUT2D eigenvalue weighted by atomic mass is 16.5. The first-order chi connectivity index (χ1) is 13.4. The maximum absolute atomic E-state index is 12.4. The molecule has 2 amide bonds. The van der Waals surface area contributed by atoms with E-state index >= 15 is 0 Å². The van der Waals surface area contributed by atoms with Crippen LogP contribution in [-0.2, 0) is 9.59 Å². The van der Waals surface area contributed by atoms with E-state index in [9.17, 15) is 9.59 Å². The molecule has 0 saturated heterocycles. The fourth-order valence-electron chi connectivity index (χ4n) is 2.40. The smallest absolute Gasteiger partial charge is 0.255 e. The third-order valence-corrected chi connectivity index (χ3v) is 3.74. The van der Waals surface area contributed by atoms with E-state index in [1.807, 2.05) is 6.92 Å². The Bertz CT molecular complexity index is 808. The average molecular weight is 387 g/mol. The molecule has 0 saturated carbocycles. The lowest BCUT2D eigenvalue weighted by Crippen LogP contribution is -2.31. The van der Waals surface area contributed by atoms with Gasteiger partial charge in [0.1, 0.15) is 11.8 Å². The second-order valence-corrected chi connectivity index (χ2v) is 5.93. The van der Waals surface area contributed by atoms with Crippen LogP contribution in [0.5, 0.6) is 17.2 Å². The first kappa shape index (κ1) is 20.9. The Morgan fingerprint density at radius 3 is 2.32 bits per heavy atom. The van der Waals surface area contributed by atoms with Crippen molar-refractivity contribution in [3.8, 4) is 17.2 Å². The van der Waals surface area contributed by atoms with E-state index in [2.05, 4.69) is 10.6 Å². The van der Waals surface area contributed by atoms with Crippen LogP contribution in [-0.4, -0.2) is 38.2 Å². The first-order valence-corrected chi connectivity index (χ1v) is 8.82. The minimum Gasteiger partial charge on any atom is -0.494 e. The van der Waals surface area contributed by atoms with Crippen molar-refractivity contribution in [2.45, 2.75) is 19.9 Å². The maximum atomic E-state index is 12.4. The molecule has 2 aromatic carbocycles. The van der Waals surface area contributed by atoms with Gasteiger partial charge in [-0.05, 0) is 50.2 Å². The van der Waals surface area contributed by atoms with Gasteiger partial charge in [0, 0.05) is 17.4 Å². The lowest BCUT2D eigenvalue weighted by molar-refractivity contribution is -0.120. The Hall–Kier alpha value is -3.42. The minimum absolute atomic E-state index is 0.209. The third-order valence-electron chi connectivity index (χ3n) is 3.74. The number of methoxy groups -OCH3 is 1. The van der Waals surface area contributed by atoms with Gasteiger partial charge in [0.2, 0.25) is 5.91 Å². The molecule has 4 N–H and O–H groups in total. The molecule has 2 rings (SSSR count). The van der Waals surface area contributed by atoms with Gasteiger partial charge in [0.25, 0.3) is 5.91 Å². The summed E-state index contributed by atoms with van der Waals surface area (Å²) >= 11 is 0. The number of benzene rings is 2. The number of nitrogens with two attached hydrogens (primary N) is 1. The molecule has 28 heavy (non-hydrogen) atoms. The maximum Gasteiger partial charge on any atom is 0.255 e. The van der Waals surface area contributed by atoms with Gasteiger partial charge < -0.3 is 30.6 Å². The Kier molecular flexibility index (Phi) is 7.50. The SMILES string of the molecule is CCOc1ccc(NC(=O)C(C)Nc2ccc(OC)c(OCC(N)=O)c2)cc1. The summed E-state index contributed by atoms with van der Waals surface area (Å²) in [7, 11) is 1.49. The van der Waals surface area contributed by atoms with Crippen molar-refractivity contribution in [1.82, 2.24) is 0 Å². The molecule has 0 aliphatic heterocycles. The number of carbonyl (C=O) groups is 2. The Balaban J connectivity index is 2.00. The number of ether oxygens (including phenoxy) is 3. The largest absolute Gasteiger partial charge is 0.494 e. The van der Waals surface area contributed by atoms with Crippen molar-refractivity contribution >= 4 is 23.2 Å². The average Bonchev–Trinajstić information content (AvgIpc) is 2.68. The number of hydrogen-bond donors (Lipinski definition) is 3. The van der Waals surface area contributed by atoms with Crippen LogP contribution in [0.3, 0.4) is 0 Å².